The van der Waals surface area contributed by atoms with Crippen LogP contribution in [-0.4, -0.2) is 27.6 Å². The number of likely N-dealkylation sites (tertiary alicyclic amines) is 1. The molecule has 0 radical (unpaired) electrons. The quantitative estimate of drug-likeness (QED) is 0.725. The van der Waals surface area contributed by atoms with E-state index in [1.165, 1.54) is 16.4 Å². The van der Waals surface area contributed by atoms with Crippen molar-refractivity contribution in [2.24, 2.45) is 0 Å². The maximum Gasteiger partial charge on any atom is 0.229 e. The van der Waals surface area contributed by atoms with Crippen molar-refractivity contribution in [1.82, 2.24) is 9.27 Å². The van der Waals surface area contributed by atoms with Crippen LogP contribution in [0.5, 0.6) is 0 Å². The van der Waals surface area contributed by atoms with Gasteiger partial charge in [-0.3, -0.25) is 14.5 Å². The summed E-state index contributed by atoms with van der Waals surface area (Å²) in [5.41, 5.74) is 1.09. The fraction of sp³-hybridized carbons (Fsp3) is 0.500. The highest BCUT2D eigenvalue weighted by Crippen LogP contribution is 2.13. The minimum absolute atomic E-state index is 0.0329. The number of imide groups is 1. The van der Waals surface area contributed by atoms with Crippen LogP contribution in [0.2, 0.25) is 0 Å². The monoisotopic (exact) mass is 224 g/mol. The van der Waals surface area contributed by atoms with E-state index in [2.05, 4.69) is 4.37 Å². The van der Waals surface area contributed by atoms with E-state index in [4.69, 9.17) is 0 Å². The molecule has 0 spiro atoms. The van der Waals surface area contributed by atoms with Gasteiger partial charge in [0.25, 0.3) is 0 Å². The molecule has 2 heterocycles. The Bertz CT molecular complexity index is 346. The minimum atomic E-state index is -0.0329. The molecule has 0 atom stereocenters. The molecule has 2 rings (SSSR count). The Balaban J connectivity index is 1.92. The van der Waals surface area contributed by atoms with Crippen molar-refractivity contribution >= 4 is 23.3 Å². The van der Waals surface area contributed by atoms with Crippen molar-refractivity contribution in [3.05, 3.63) is 17.1 Å². The van der Waals surface area contributed by atoms with E-state index < -0.39 is 0 Å². The number of aromatic nitrogens is 1. The fourth-order valence-electron chi connectivity index (χ4n) is 1.64. The molecule has 0 unspecified atom stereocenters. The van der Waals surface area contributed by atoms with E-state index in [0.717, 1.165) is 5.56 Å². The van der Waals surface area contributed by atoms with E-state index in [1.54, 1.807) is 6.20 Å². The molecule has 0 N–H and O–H groups in total. The van der Waals surface area contributed by atoms with Crippen molar-refractivity contribution in [3.8, 4) is 0 Å². The zero-order valence-corrected chi connectivity index (χ0v) is 9.13. The first-order chi connectivity index (χ1) is 7.27. The molecule has 2 amide bonds. The Morgan fingerprint density at radius 2 is 2.07 bits per heavy atom. The smallest absolute Gasteiger partial charge is 0.229 e. The summed E-state index contributed by atoms with van der Waals surface area (Å²) >= 11 is 1.39. The Morgan fingerprint density at radius 1 is 1.33 bits per heavy atom. The first-order valence-corrected chi connectivity index (χ1v) is 5.82. The van der Waals surface area contributed by atoms with Gasteiger partial charge in [-0.2, -0.15) is 0 Å². The summed E-state index contributed by atoms with van der Waals surface area (Å²) in [5, 5.41) is 1.94. The van der Waals surface area contributed by atoms with Crippen LogP contribution in [0.4, 0.5) is 0 Å². The van der Waals surface area contributed by atoms with Gasteiger partial charge in [-0.25, -0.2) is 4.37 Å². The fourth-order valence-corrected chi connectivity index (χ4v) is 2.21. The summed E-state index contributed by atoms with van der Waals surface area (Å²) in [6.45, 7) is 0.496. The number of carbonyl (C=O) groups is 2. The normalized spacial score (nSPS) is 17.2. The molecule has 1 aliphatic heterocycles. The zero-order chi connectivity index (χ0) is 10.7. The van der Waals surface area contributed by atoms with E-state index in [0.29, 0.717) is 32.2 Å². The Hall–Kier alpha value is -1.23. The number of rotatable bonds is 3. The second kappa shape index (κ2) is 4.53. The average molecular weight is 224 g/mol. The van der Waals surface area contributed by atoms with Gasteiger partial charge in [0.15, 0.2) is 0 Å². The molecule has 0 saturated carbocycles. The largest absolute Gasteiger partial charge is 0.282 e. The maximum atomic E-state index is 11.5. The molecule has 1 saturated heterocycles. The van der Waals surface area contributed by atoms with Gasteiger partial charge in [-0.1, -0.05) is 0 Å². The average Bonchev–Trinajstić information content (AvgIpc) is 2.70. The lowest BCUT2D eigenvalue weighted by Gasteiger charge is -2.24. The summed E-state index contributed by atoms with van der Waals surface area (Å²) < 4.78 is 3.98. The molecule has 0 aromatic carbocycles. The SMILES string of the molecule is O=C1CCCC(=O)N1CCc1cnsc1. The number of piperidine rings is 1. The molecule has 80 valence electrons. The topological polar surface area (TPSA) is 50.3 Å². The number of hydrogen-bond donors (Lipinski definition) is 0. The van der Waals surface area contributed by atoms with E-state index >= 15 is 0 Å². The number of hydrogen-bond acceptors (Lipinski definition) is 4. The van der Waals surface area contributed by atoms with Crippen LogP contribution in [0.25, 0.3) is 0 Å². The summed E-state index contributed by atoms with van der Waals surface area (Å²) in [6.07, 6.45) is 4.22. The van der Waals surface area contributed by atoms with Gasteiger partial charge in [-0.15, -0.1) is 0 Å². The summed E-state index contributed by atoms with van der Waals surface area (Å²) in [5.74, 6) is -0.0659. The third kappa shape index (κ3) is 2.41. The van der Waals surface area contributed by atoms with Crippen LogP contribution in [0, 0.1) is 0 Å². The van der Waals surface area contributed by atoms with Gasteiger partial charge in [-0.05, 0) is 29.9 Å². The molecule has 1 aliphatic rings. The molecule has 1 aromatic heterocycles. The molecule has 1 aromatic rings. The second-order valence-electron chi connectivity index (χ2n) is 3.58. The Labute approximate surface area is 92.1 Å². The van der Waals surface area contributed by atoms with Gasteiger partial charge >= 0.3 is 0 Å². The predicted octanol–water partition coefficient (Wildman–Crippen LogP) is 1.22. The molecule has 5 heteroatoms. The van der Waals surface area contributed by atoms with Gasteiger partial charge in [0.1, 0.15) is 0 Å². The maximum absolute atomic E-state index is 11.5. The molecule has 4 nitrogen and oxygen atoms in total. The van der Waals surface area contributed by atoms with Gasteiger partial charge < -0.3 is 0 Å². The van der Waals surface area contributed by atoms with Crippen molar-refractivity contribution in [2.45, 2.75) is 25.7 Å². The standard InChI is InChI=1S/C10H12N2O2S/c13-9-2-1-3-10(14)12(9)5-4-8-6-11-15-7-8/h6-7H,1-5H2. The van der Waals surface area contributed by atoms with Crippen molar-refractivity contribution < 1.29 is 9.59 Å². The van der Waals surface area contributed by atoms with E-state index in [1.807, 2.05) is 5.38 Å². The van der Waals surface area contributed by atoms with Crippen LogP contribution >= 0.6 is 11.5 Å². The van der Waals surface area contributed by atoms with Gasteiger partial charge in [0, 0.05) is 31.0 Å². The lowest BCUT2D eigenvalue weighted by atomic mass is 10.1. The third-order valence-corrected chi connectivity index (χ3v) is 3.13. The molecule has 1 fully saturated rings. The molecule has 0 bridgehead atoms. The Kier molecular flexibility index (Phi) is 3.11. The summed E-state index contributed by atoms with van der Waals surface area (Å²) in [4.78, 5) is 24.3. The highest BCUT2D eigenvalue weighted by molar-refractivity contribution is 7.03. The van der Waals surface area contributed by atoms with Crippen molar-refractivity contribution in [3.63, 3.8) is 0 Å². The molecule has 15 heavy (non-hydrogen) atoms. The molecular weight excluding hydrogens is 212 g/mol. The second-order valence-corrected chi connectivity index (χ2v) is 4.23. The number of carbonyl (C=O) groups excluding carboxylic acids is 2. The minimum Gasteiger partial charge on any atom is -0.282 e. The van der Waals surface area contributed by atoms with Crippen LogP contribution in [0.3, 0.4) is 0 Å². The molecule has 0 aliphatic carbocycles. The highest BCUT2D eigenvalue weighted by atomic mass is 32.1. The van der Waals surface area contributed by atoms with Crippen LogP contribution < -0.4 is 0 Å². The van der Waals surface area contributed by atoms with Crippen LogP contribution in [0.15, 0.2) is 11.6 Å². The summed E-state index contributed by atoms with van der Waals surface area (Å²) in [7, 11) is 0. The third-order valence-electron chi connectivity index (χ3n) is 2.49. The summed E-state index contributed by atoms with van der Waals surface area (Å²) in [6, 6.07) is 0. The van der Waals surface area contributed by atoms with Crippen molar-refractivity contribution in [1.29, 1.82) is 0 Å². The van der Waals surface area contributed by atoms with Gasteiger partial charge in [0.05, 0.1) is 0 Å². The lowest BCUT2D eigenvalue weighted by Crippen LogP contribution is -2.41. The van der Waals surface area contributed by atoms with Gasteiger partial charge in [0.2, 0.25) is 11.8 Å². The van der Waals surface area contributed by atoms with E-state index in [-0.39, 0.29) is 11.8 Å². The van der Waals surface area contributed by atoms with Crippen molar-refractivity contribution in [2.75, 3.05) is 6.54 Å². The first kappa shape index (κ1) is 10.3. The predicted molar refractivity (Wildman–Crippen MR) is 56.4 cm³/mol. The van der Waals surface area contributed by atoms with Crippen LogP contribution in [-0.2, 0) is 16.0 Å². The highest BCUT2D eigenvalue weighted by Gasteiger charge is 2.25. The van der Waals surface area contributed by atoms with E-state index in [9.17, 15) is 9.59 Å². The Morgan fingerprint density at radius 3 is 2.67 bits per heavy atom. The first-order valence-electron chi connectivity index (χ1n) is 4.99. The zero-order valence-electron chi connectivity index (χ0n) is 8.31. The molecular formula is C10H12N2O2S. The number of nitrogens with zero attached hydrogens (tertiary/aromatic N) is 2. The lowest BCUT2D eigenvalue weighted by molar-refractivity contribution is -0.147. The van der Waals surface area contributed by atoms with Crippen LogP contribution in [0.1, 0.15) is 24.8 Å². The number of amides is 2.